The molecule has 0 unspecified atom stereocenters. The van der Waals surface area contributed by atoms with Gasteiger partial charge in [-0.25, -0.2) is 4.98 Å². The second-order valence-electron chi connectivity index (χ2n) is 9.18. The smallest absolute Gasteiger partial charge is 0.248 e. The van der Waals surface area contributed by atoms with Crippen LogP contribution in [0.4, 0.5) is 5.82 Å². The predicted molar refractivity (Wildman–Crippen MR) is 158 cm³/mol. The van der Waals surface area contributed by atoms with Crippen LogP contribution in [0.5, 0.6) is 0 Å². The van der Waals surface area contributed by atoms with Crippen LogP contribution in [0.15, 0.2) is 30.3 Å². The Balaban J connectivity index is 0.00000342. The third-order valence-electron chi connectivity index (χ3n) is 6.63. The lowest BCUT2D eigenvalue weighted by atomic mass is 10.0. The summed E-state index contributed by atoms with van der Waals surface area (Å²) in [4.78, 5) is 45.8. The van der Waals surface area contributed by atoms with Gasteiger partial charge >= 0.3 is 0 Å². The van der Waals surface area contributed by atoms with E-state index < -0.39 is 11.9 Å². The van der Waals surface area contributed by atoms with Crippen LogP contribution in [-0.4, -0.2) is 57.7 Å². The van der Waals surface area contributed by atoms with E-state index >= 15 is 0 Å². The zero-order valence-electron chi connectivity index (χ0n) is 20.3. The van der Waals surface area contributed by atoms with Crippen molar-refractivity contribution < 1.29 is 14.4 Å². The fraction of sp³-hybridized carbons (Fsp3) is 0.481. The van der Waals surface area contributed by atoms with E-state index in [2.05, 4.69) is 27.3 Å². The summed E-state index contributed by atoms with van der Waals surface area (Å²) in [5, 5.41) is 3.56. The molecule has 2 aromatic rings. The highest BCUT2D eigenvalue weighted by molar-refractivity contribution is 6.31. The van der Waals surface area contributed by atoms with Crippen molar-refractivity contribution in [2.75, 3.05) is 18.4 Å². The molecule has 38 heavy (non-hydrogen) atoms. The highest BCUT2D eigenvalue weighted by Crippen LogP contribution is 2.29. The number of benzene rings is 1. The van der Waals surface area contributed by atoms with Gasteiger partial charge in [-0.3, -0.25) is 19.3 Å². The fourth-order valence-electron chi connectivity index (χ4n) is 4.92. The first kappa shape index (κ1) is 35.6. The molecule has 2 aliphatic rings. The van der Waals surface area contributed by atoms with Gasteiger partial charge in [0.15, 0.2) is 0 Å². The van der Waals surface area contributed by atoms with E-state index in [1.807, 2.05) is 13.0 Å². The molecule has 11 heteroatoms. The van der Waals surface area contributed by atoms with Crippen LogP contribution >= 0.6 is 36.4 Å². The van der Waals surface area contributed by atoms with E-state index in [-0.39, 0.29) is 68.9 Å². The van der Waals surface area contributed by atoms with Gasteiger partial charge in [-0.2, -0.15) is 0 Å². The second kappa shape index (κ2) is 15.3. The highest BCUT2D eigenvalue weighted by atomic mass is 35.5. The molecule has 0 radical (unpaired) electrons. The Morgan fingerprint density at radius 3 is 2.34 bits per heavy atom. The average molecular weight is 589 g/mol. The molecule has 0 saturated carbocycles. The minimum atomic E-state index is -0.584. The normalized spacial score (nSPS) is 17.4. The summed E-state index contributed by atoms with van der Waals surface area (Å²) < 4.78 is 0. The number of nitrogens with one attached hydrogen (secondary N) is 1. The van der Waals surface area contributed by atoms with Crippen molar-refractivity contribution >= 4 is 60.0 Å². The molecule has 3 amide bonds. The van der Waals surface area contributed by atoms with Gasteiger partial charge < -0.3 is 16.0 Å². The highest BCUT2D eigenvalue weighted by Gasteiger charge is 2.41. The number of aryl methyl sites for hydroxylation is 2. The summed E-state index contributed by atoms with van der Waals surface area (Å²) in [7, 11) is 0. The van der Waals surface area contributed by atoms with Crippen LogP contribution in [0, 0.1) is 13.8 Å². The number of nitrogens with zero attached hydrogens (tertiary/aromatic N) is 3. The monoisotopic (exact) mass is 587 g/mol. The third-order valence-corrected chi connectivity index (χ3v) is 7.05. The number of hydrogen-bond acceptors (Lipinski definition) is 5. The molecule has 8 nitrogen and oxygen atoms in total. The predicted octanol–water partition coefficient (Wildman–Crippen LogP) is 5.16. The number of pyridine rings is 1. The molecule has 4 rings (SSSR count). The molecule has 2 fully saturated rings. The molecule has 0 bridgehead atoms. The third kappa shape index (κ3) is 8.30. The van der Waals surface area contributed by atoms with Crippen LogP contribution in [0.1, 0.15) is 67.7 Å². The molecular weight excluding hydrogens is 549 g/mol. The Morgan fingerprint density at radius 1 is 1.08 bits per heavy atom. The number of piperidine rings is 1. The second-order valence-corrected chi connectivity index (χ2v) is 9.59. The summed E-state index contributed by atoms with van der Waals surface area (Å²) in [6.45, 7) is 6.28. The van der Waals surface area contributed by atoms with Crippen molar-refractivity contribution in [3.8, 4) is 0 Å². The number of anilines is 1. The first-order chi connectivity index (χ1) is 16.2. The maximum absolute atomic E-state index is 13.1. The number of aromatic nitrogens is 1. The Kier molecular flexibility index (Phi) is 14.3. The quantitative estimate of drug-likeness (QED) is 0.485. The summed E-state index contributed by atoms with van der Waals surface area (Å²) >= 11 is 6.14. The Morgan fingerprint density at radius 2 is 1.74 bits per heavy atom. The maximum atomic E-state index is 13.1. The van der Waals surface area contributed by atoms with Gasteiger partial charge in [-0.15, -0.1) is 24.8 Å². The maximum Gasteiger partial charge on any atom is 0.248 e. The van der Waals surface area contributed by atoms with Crippen LogP contribution in [0.25, 0.3) is 0 Å². The Bertz CT molecular complexity index is 1120. The molecule has 0 spiro atoms. The van der Waals surface area contributed by atoms with E-state index in [0.717, 1.165) is 43.1 Å². The molecule has 2 aliphatic heterocycles. The number of carbonyl (C=O) groups is 3. The van der Waals surface area contributed by atoms with Gasteiger partial charge in [0.25, 0.3) is 0 Å². The lowest BCUT2D eigenvalue weighted by molar-refractivity contribution is -0.136. The van der Waals surface area contributed by atoms with E-state index in [9.17, 15) is 14.4 Å². The number of primary amides is 1. The van der Waals surface area contributed by atoms with Crippen LogP contribution in [-0.2, 0) is 16.1 Å². The molecule has 1 aromatic heterocycles. The minimum absolute atomic E-state index is 0. The largest absolute Gasteiger partial charge is 0.366 e. The first-order valence-electron chi connectivity index (χ1n) is 11.6. The summed E-state index contributed by atoms with van der Waals surface area (Å²) in [6, 6.07) is 8.62. The minimum Gasteiger partial charge on any atom is -0.366 e. The molecule has 1 aromatic carbocycles. The number of likely N-dealkylation sites (tertiary alicyclic amines) is 2. The molecule has 0 aliphatic carbocycles. The van der Waals surface area contributed by atoms with Gasteiger partial charge in [0.2, 0.25) is 17.7 Å². The van der Waals surface area contributed by atoms with Crippen molar-refractivity contribution in [3.63, 3.8) is 0 Å². The van der Waals surface area contributed by atoms with Gasteiger partial charge in [0, 0.05) is 48.4 Å². The molecule has 3 heterocycles. The fourth-order valence-corrected chi connectivity index (χ4v) is 5.04. The van der Waals surface area contributed by atoms with Crippen molar-refractivity contribution in [1.29, 1.82) is 0 Å². The lowest BCUT2D eigenvalue weighted by Crippen LogP contribution is -2.51. The molecular formula is C27H40Cl3N5O3. The SMILES string of the molecule is C.C.Cc1cc(C(N)=O)cc(NC(=O)[C@H]2CCC(=O)N2C2CCN(Cc3ccc(Cl)c(C)c3)CC2)n1.Cl.Cl. The molecule has 212 valence electrons. The Labute approximate surface area is 243 Å². The van der Waals surface area contributed by atoms with E-state index in [0.29, 0.717) is 18.5 Å². The summed E-state index contributed by atoms with van der Waals surface area (Å²) in [5.41, 5.74) is 8.52. The van der Waals surface area contributed by atoms with Crippen molar-refractivity contribution in [3.05, 3.63) is 57.7 Å². The van der Waals surface area contributed by atoms with Crippen molar-refractivity contribution in [2.24, 2.45) is 5.73 Å². The number of carbonyl (C=O) groups excluding carboxylic acids is 3. The van der Waals surface area contributed by atoms with Gasteiger partial charge in [0.05, 0.1) is 0 Å². The average Bonchev–Trinajstić information content (AvgIpc) is 3.18. The molecule has 1 atom stereocenters. The van der Waals surface area contributed by atoms with E-state index in [4.69, 9.17) is 17.3 Å². The Hall–Kier alpha value is -2.39. The number of halogens is 3. The molecule has 2 saturated heterocycles. The van der Waals surface area contributed by atoms with Crippen LogP contribution in [0.2, 0.25) is 5.02 Å². The van der Waals surface area contributed by atoms with Crippen molar-refractivity contribution in [2.45, 2.75) is 73.0 Å². The number of hydrogen-bond donors (Lipinski definition) is 2. The number of rotatable bonds is 6. The van der Waals surface area contributed by atoms with Gasteiger partial charge in [-0.1, -0.05) is 38.6 Å². The standard InChI is InChI=1S/C25H30ClN5O3.2CH4.2ClH/c1-15-11-17(3-4-20(15)26)14-30-9-7-19(8-10-30)31-21(5-6-23(31)32)25(34)29-22-13-18(24(27)33)12-16(2)28-22;;;;/h3-4,11-13,19,21H,5-10,14H2,1-2H3,(H2,27,33)(H,28,29,34);2*1H4;2*1H/t21-;;;;/m1..../s1. The molecule has 3 N–H and O–H groups in total. The lowest BCUT2D eigenvalue weighted by Gasteiger charge is -2.39. The van der Waals surface area contributed by atoms with E-state index in [1.54, 1.807) is 17.9 Å². The van der Waals surface area contributed by atoms with Gasteiger partial charge in [-0.05, 0) is 62.4 Å². The first-order valence-corrected chi connectivity index (χ1v) is 12.0. The summed E-state index contributed by atoms with van der Waals surface area (Å²) in [6.07, 6.45) is 2.47. The number of amides is 3. The topological polar surface area (TPSA) is 109 Å². The zero-order valence-corrected chi connectivity index (χ0v) is 22.7. The zero-order chi connectivity index (χ0) is 24.4. The van der Waals surface area contributed by atoms with Crippen LogP contribution < -0.4 is 11.1 Å². The number of nitrogens with two attached hydrogens (primary N) is 1. The van der Waals surface area contributed by atoms with Crippen molar-refractivity contribution in [1.82, 2.24) is 14.8 Å². The van der Waals surface area contributed by atoms with E-state index in [1.165, 1.54) is 11.6 Å². The van der Waals surface area contributed by atoms with Crippen LogP contribution in [0.3, 0.4) is 0 Å². The summed E-state index contributed by atoms with van der Waals surface area (Å²) in [5.74, 6) is -0.578. The van der Waals surface area contributed by atoms with Gasteiger partial charge in [0.1, 0.15) is 11.9 Å².